The average molecular weight is 244 g/mol. The fraction of sp³-hybridized carbons (Fsp3) is 0.700. The summed E-state index contributed by atoms with van der Waals surface area (Å²) < 4.78 is 5.75. The van der Waals surface area contributed by atoms with E-state index >= 15 is 0 Å². The maximum absolute atomic E-state index is 5.65. The van der Waals surface area contributed by atoms with E-state index < -0.39 is 0 Å². The third-order valence-corrected chi connectivity index (χ3v) is 3.53. The molecule has 0 aliphatic heterocycles. The Morgan fingerprint density at radius 2 is 2.38 bits per heavy atom. The molecule has 0 N–H and O–H groups in total. The molecule has 1 aromatic rings. The molecule has 1 heterocycles. The van der Waals surface area contributed by atoms with Gasteiger partial charge in [0, 0.05) is 6.42 Å². The van der Waals surface area contributed by atoms with E-state index in [4.69, 9.17) is 4.42 Å². The van der Waals surface area contributed by atoms with Crippen molar-refractivity contribution in [3.63, 3.8) is 0 Å². The van der Waals surface area contributed by atoms with Crippen molar-refractivity contribution in [1.82, 2.24) is 4.98 Å². The predicted octanol–water partition coefficient (Wildman–Crippen LogP) is 3.40. The van der Waals surface area contributed by atoms with Crippen molar-refractivity contribution in [3.8, 4) is 0 Å². The number of oxazole rings is 1. The fourth-order valence-corrected chi connectivity index (χ4v) is 1.69. The summed E-state index contributed by atoms with van der Waals surface area (Å²) in [7, 11) is 0. The van der Waals surface area contributed by atoms with Crippen LogP contribution in [0.3, 0.4) is 0 Å². The zero-order valence-electron chi connectivity index (χ0n) is 7.85. The van der Waals surface area contributed by atoms with Gasteiger partial charge in [0.2, 0.25) is 5.89 Å². The number of nitrogens with zero attached hydrogens (tertiary/aromatic N) is 1. The van der Waals surface area contributed by atoms with Gasteiger partial charge in [-0.1, -0.05) is 29.3 Å². The van der Waals surface area contributed by atoms with Gasteiger partial charge in [-0.15, -0.1) is 0 Å². The summed E-state index contributed by atoms with van der Waals surface area (Å²) in [5.41, 5.74) is 0. The number of aromatic nitrogens is 1. The minimum absolute atomic E-state index is 0.0947. The van der Waals surface area contributed by atoms with Gasteiger partial charge in [0.1, 0.15) is 10.1 Å². The summed E-state index contributed by atoms with van der Waals surface area (Å²) in [4.78, 5) is 4.29. The highest BCUT2D eigenvalue weighted by atomic mass is 79.9. The third-order valence-electron chi connectivity index (χ3n) is 2.40. The number of unbranched alkanes of at least 4 members (excludes halogenated alkanes) is 1. The molecule has 0 atom stereocenters. The van der Waals surface area contributed by atoms with Crippen molar-refractivity contribution in [2.75, 3.05) is 0 Å². The fourth-order valence-electron chi connectivity index (χ4n) is 1.30. The molecule has 0 bridgehead atoms. The Morgan fingerprint density at radius 3 is 3.00 bits per heavy atom. The molecule has 1 saturated carbocycles. The summed E-state index contributed by atoms with van der Waals surface area (Å²) in [5, 5.41) is 0. The van der Waals surface area contributed by atoms with Crippen LogP contribution < -0.4 is 0 Å². The van der Waals surface area contributed by atoms with Crippen LogP contribution in [0.4, 0.5) is 0 Å². The van der Waals surface area contributed by atoms with Gasteiger partial charge in [-0.3, -0.25) is 0 Å². The van der Waals surface area contributed by atoms with E-state index in [2.05, 4.69) is 27.8 Å². The van der Waals surface area contributed by atoms with Gasteiger partial charge >= 0.3 is 0 Å². The molecule has 1 aromatic heterocycles. The van der Waals surface area contributed by atoms with Crippen LogP contribution in [0.5, 0.6) is 0 Å². The van der Waals surface area contributed by atoms with Gasteiger partial charge in [-0.2, -0.15) is 0 Å². The monoisotopic (exact) mass is 243 g/mol. The highest BCUT2D eigenvalue weighted by Gasteiger charge is 2.46. The molecule has 0 amide bonds. The Labute approximate surface area is 86.9 Å². The first-order valence-corrected chi connectivity index (χ1v) is 5.68. The smallest absolute Gasteiger partial charge is 0.211 e. The Kier molecular flexibility index (Phi) is 2.45. The zero-order chi connectivity index (χ0) is 9.31. The highest BCUT2D eigenvalue weighted by Crippen LogP contribution is 2.53. The molecule has 0 saturated heterocycles. The lowest BCUT2D eigenvalue weighted by molar-refractivity contribution is 0.444. The minimum Gasteiger partial charge on any atom is -0.444 e. The highest BCUT2D eigenvalue weighted by molar-refractivity contribution is 9.09. The van der Waals surface area contributed by atoms with E-state index in [1.807, 2.05) is 6.20 Å². The van der Waals surface area contributed by atoms with E-state index in [-0.39, 0.29) is 4.32 Å². The number of rotatable bonds is 4. The molecule has 1 fully saturated rings. The molecule has 1 aliphatic carbocycles. The van der Waals surface area contributed by atoms with Crippen molar-refractivity contribution in [2.24, 2.45) is 0 Å². The Hall–Kier alpha value is -0.310. The Balaban J connectivity index is 2.01. The molecule has 72 valence electrons. The first kappa shape index (κ1) is 9.25. The van der Waals surface area contributed by atoms with E-state index in [1.54, 1.807) is 0 Å². The molecule has 0 unspecified atom stereocenters. The lowest BCUT2D eigenvalue weighted by atomic mass is 10.2. The Bertz CT molecular complexity index is 291. The van der Waals surface area contributed by atoms with Crippen LogP contribution in [0.15, 0.2) is 10.6 Å². The van der Waals surface area contributed by atoms with Crippen LogP contribution >= 0.6 is 15.9 Å². The second-order valence-corrected chi connectivity index (χ2v) is 5.22. The van der Waals surface area contributed by atoms with Crippen LogP contribution in [-0.4, -0.2) is 4.98 Å². The standard InChI is InChI=1S/C10H14BrNO/c1-2-3-4-8-7-12-9(13-8)10(11)5-6-10/h7H,2-6H2,1H3. The van der Waals surface area contributed by atoms with Crippen LogP contribution in [0, 0.1) is 0 Å². The predicted molar refractivity (Wildman–Crippen MR) is 55.0 cm³/mol. The minimum atomic E-state index is 0.0947. The number of alkyl halides is 1. The number of halogens is 1. The number of hydrogen-bond donors (Lipinski definition) is 0. The second-order valence-electron chi connectivity index (χ2n) is 3.70. The molecule has 13 heavy (non-hydrogen) atoms. The van der Waals surface area contributed by atoms with E-state index in [1.165, 1.54) is 12.8 Å². The first-order valence-electron chi connectivity index (χ1n) is 4.89. The quantitative estimate of drug-likeness (QED) is 0.758. The molecule has 0 spiro atoms. The molecular formula is C10H14BrNO. The van der Waals surface area contributed by atoms with E-state index in [9.17, 15) is 0 Å². The second kappa shape index (κ2) is 3.45. The summed E-state index contributed by atoms with van der Waals surface area (Å²) in [6.45, 7) is 2.18. The summed E-state index contributed by atoms with van der Waals surface area (Å²) >= 11 is 3.62. The van der Waals surface area contributed by atoms with Gasteiger partial charge in [-0.25, -0.2) is 4.98 Å². The lowest BCUT2D eigenvalue weighted by Gasteiger charge is -1.98. The number of aryl methyl sites for hydroxylation is 1. The molecule has 3 heteroatoms. The zero-order valence-corrected chi connectivity index (χ0v) is 9.43. The van der Waals surface area contributed by atoms with Gasteiger partial charge in [0.15, 0.2) is 0 Å². The number of hydrogen-bond acceptors (Lipinski definition) is 2. The molecule has 0 aromatic carbocycles. The van der Waals surface area contributed by atoms with E-state index in [0.29, 0.717) is 0 Å². The maximum atomic E-state index is 5.65. The van der Waals surface area contributed by atoms with Crippen LogP contribution in [0.25, 0.3) is 0 Å². The normalized spacial score (nSPS) is 18.9. The van der Waals surface area contributed by atoms with Crippen molar-refractivity contribution in [2.45, 2.75) is 43.4 Å². The van der Waals surface area contributed by atoms with Crippen molar-refractivity contribution in [1.29, 1.82) is 0 Å². The summed E-state index contributed by atoms with van der Waals surface area (Å²) in [5.74, 6) is 1.90. The summed E-state index contributed by atoms with van der Waals surface area (Å²) in [6.07, 6.45) is 7.58. The van der Waals surface area contributed by atoms with Crippen molar-refractivity contribution in [3.05, 3.63) is 17.8 Å². The average Bonchev–Trinajstić information content (AvgIpc) is 2.69. The topological polar surface area (TPSA) is 26.0 Å². The Morgan fingerprint density at radius 1 is 1.62 bits per heavy atom. The van der Waals surface area contributed by atoms with Gasteiger partial charge in [-0.05, 0) is 19.3 Å². The molecule has 2 rings (SSSR count). The third kappa shape index (κ3) is 1.96. The van der Waals surface area contributed by atoms with Gasteiger partial charge < -0.3 is 4.42 Å². The summed E-state index contributed by atoms with van der Waals surface area (Å²) in [6, 6.07) is 0. The van der Waals surface area contributed by atoms with Crippen molar-refractivity contribution < 1.29 is 4.42 Å². The van der Waals surface area contributed by atoms with Crippen molar-refractivity contribution >= 4 is 15.9 Å². The molecule has 1 aliphatic rings. The van der Waals surface area contributed by atoms with Crippen LogP contribution in [0.2, 0.25) is 0 Å². The SMILES string of the molecule is CCCCc1cnc(C2(Br)CC2)o1. The van der Waals surface area contributed by atoms with E-state index in [0.717, 1.165) is 30.9 Å². The largest absolute Gasteiger partial charge is 0.444 e. The molecule has 2 nitrogen and oxygen atoms in total. The van der Waals surface area contributed by atoms with Gasteiger partial charge in [0.05, 0.1) is 6.20 Å². The molecular weight excluding hydrogens is 230 g/mol. The maximum Gasteiger partial charge on any atom is 0.211 e. The molecule has 0 radical (unpaired) electrons. The lowest BCUT2D eigenvalue weighted by Crippen LogP contribution is -1.93. The first-order chi connectivity index (χ1) is 6.24. The van der Waals surface area contributed by atoms with Crippen LogP contribution in [0.1, 0.15) is 44.3 Å². The van der Waals surface area contributed by atoms with Crippen LogP contribution in [-0.2, 0) is 10.7 Å². The van der Waals surface area contributed by atoms with Gasteiger partial charge in [0.25, 0.3) is 0 Å².